The van der Waals surface area contributed by atoms with Crippen molar-refractivity contribution >= 4 is 52.9 Å². The zero-order chi connectivity index (χ0) is 18.4. The van der Waals surface area contributed by atoms with Crippen molar-refractivity contribution in [3.8, 4) is 0 Å². The van der Waals surface area contributed by atoms with Crippen LogP contribution in [0.25, 0.3) is 0 Å². The number of amides is 4. The molecule has 3 fully saturated rings. The molecule has 1 aliphatic heterocycles. The van der Waals surface area contributed by atoms with Crippen LogP contribution in [0.4, 0.5) is 10.5 Å². The van der Waals surface area contributed by atoms with Gasteiger partial charge < -0.3 is 0 Å². The molecule has 0 aromatic heterocycles. The number of benzene rings is 1. The predicted octanol–water partition coefficient (Wildman–Crippen LogP) is 3.58. The van der Waals surface area contributed by atoms with Crippen LogP contribution in [0.5, 0.6) is 0 Å². The number of hydrogen-bond donors (Lipinski definition) is 1. The van der Waals surface area contributed by atoms with E-state index >= 15 is 0 Å². The Morgan fingerprint density at radius 3 is 2.62 bits per heavy atom. The molecular weight excluding hydrogens is 377 g/mol. The Hall–Kier alpha value is -1.92. The number of hydrogen-bond acceptors (Lipinski definition) is 4. The van der Waals surface area contributed by atoms with Crippen LogP contribution in [0.15, 0.2) is 23.2 Å². The lowest BCUT2D eigenvalue weighted by atomic mass is 9.92. The van der Waals surface area contributed by atoms with Crippen LogP contribution < -0.4 is 5.32 Å². The molecule has 136 valence electrons. The first-order valence-electron chi connectivity index (χ1n) is 8.61. The number of urea groups is 1. The van der Waals surface area contributed by atoms with Crippen LogP contribution >= 0.6 is 23.2 Å². The molecule has 1 saturated heterocycles. The molecule has 2 aliphatic carbocycles. The first-order chi connectivity index (χ1) is 12.4. The van der Waals surface area contributed by atoms with Gasteiger partial charge >= 0.3 is 6.03 Å². The molecule has 2 saturated carbocycles. The second-order valence-electron chi connectivity index (χ2n) is 7.10. The Morgan fingerprint density at radius 1 is 1.15 bits per heavy atom. The average Bonchev–Trinajstić information content (AvgIpc) is 3.19. The Kier molecular flexibility index (Phi) is 4.49. The van der Waals surface area contributed by atoms with Gasteiger partial charge in [-0.15, -0.1) is 0 Å². The smallest absolute Gasteiger partial charge is 0.277 e. The summed E-state index contributed by atoms with van der Waals surface area (Å²) in [7, 11) is 0. The van der Waals surface area contributed by atoms with Crippen LogP contribution in [0.2, 0.25) is 10.0 Å². The van der Waals surface area contributed by atoms with Gasteiger partial charge in [-0.3, -0.25) is 24.8 Å². The maximum Gasteiger partial charge on any atom is 0.331 e. The van der Waals surface area contributed by atoms with Crippen LogP contribution in [-0.4, -0.2) is 35.0 Å². The third-order valence-corrected chi connectivity index (χ3v) is 6.08. The summed E-state index contributed by atoms with van der Waals surface area (Å²) in [4.78, 5) is 42.7. The Balaban J connectivity index is 1.57. The van der Waals surface area contributed by atoms with Crippen LogP contribution in [-0.2, 0) is 9.59 Å². The molecule has 0 radical (unpaired) electrons. The number of barbiturate groups is 1. The minimum absolute atomic E-state index is 0.121. The number of nitrogens with one attached hydrogen (secondary N) is 1. The molecule has 1 heterocycles. The molecule has 2 bridgehead atoms. The van der Waals surface area contributed by atoms with Crippen molar-refractivity contribution in [2.24, 2.45) is 22.7 Å². The Labute approximate surface area is 160 Å². The predicted molar refractivity (Wildman–Crippen MR) is 97.7 cm³/mol. The minimum Gasteiger partial charge on any atom is -0.277 e. The van der Waals surface area contributed by atoms with Crippen LogP contribution in [0.1, 0.15) is 25.7 Å². The first kappa shape index (κ1) is 17.5. The Morgan fingerprint density at radius 2 is 1.96 bits per heavy atom. The van der Waals surface area contributed by atoms with Crippen molar-refractivity contribution in [2.75, 3.05) is 0 Å². The lowest BCUT2D eigenvalue weighted by Crippen LogP contribution is -2.62. The molecule has 1 aromatic carbocycles. The molecule has 26 heavy (non-hydrogen) atoms. The van der Waals surface area contributed by atoms with Gasteiger partial charge in [0.25, 0.3) is 0 Å². The summed E-state index contributed by atoms with van der Waals surface area (Å²) in [5.74, 6) is -1.40. The van der Waals surface area contributed by atoms with Crippen molar-refractivity contribution in [3.05, 3.63) is 28.2 Å². The van der Waals surface area contributed by atoms with Crippen molar-refractivity contribution in [2.45, 2.75) is 31.7 Å². The van der Waals surface area contributed by atoms with Crippen LogP contribution in [0.3, 0.4) is 0 Å². The molecule has 6 nitrogen and oxygen atoms in total. The normalized spacial score (nSPS) is 31.2. The van der Waals surface area contributed by atoms with E-state index in [4.69, 9.17) is 23.2 Å². The summed E-state index contributed by atoms with van der Waals surface area (Å²) in [6.07, 6.45) is 5.31. The number of halogens is 2. The first-order valence-corrected chi connectivity index (χ1v) is 9.37. The number of carbonyl (C=O) groups excluding carboxylic acids is 3. The highest BCUT2D eigenvalue weighted by Crippen LogP contribution is 2.47. The van der Waals surface area contributed by atoms with Gasteiger partial charge in [-0.2, -0.15) is 0 Å². The monoisotopic (exact) mass is 393 g/mol. The fourth-order valence-corrected chi connectivity index (χ4v) is 4.78. The number of nitrogens with zero attached hydrogens (tertiary/aromatic N) is 2. The number of carbonyl (C=O) groups is 3. The molecular formula is C18H17Cl2N3O3. The maximum atomic E-state index is 12.9. The summed E-state index contributed by atoms with van der Waals surface area (Å²) in [5, 5.41) is 3.07. The highest BCUT2D eigenvalue weighted by Gasteiger charge is 2.50. The van der Waals surface area contributed by atoms with E-state index in [1.54, 1.807) is 12.1 Å². The molecule has 1 N–H and O–H groups in total. The molecule has 4 amide bonds. The van der Waals surface area contributed by atoms with E-state index in [2.05, 4.69) is 10.3 Å². The summed E-state index contributed by atoms with van der Waals surface area (Å²) in [5.41, 5.74) is 0.403. The third kappa shape index (κ3) is 3.01. The van der Waals surface area contributed by atoms with Gasteiger partial charge in [0.15, 0.2) is 5.92 Å². The topological polar surface area (TPSA) is 78.8 Å². The van der Waals surface area contributed by atoms with Gasteiger partial charge in [0, 0.05) is 17.3 Å². The Bertz CT molecular complexity index is 826. The number of fused-ring (bicyclic) bond motifs is 2. The highest BCUT2D eigenvalue weighted by atomic mass is 35.5. The lowest BCUT2D eigenvalue weighted by molar-refractivity contribution is -0.141. The van der Waals surface area contributed by atoms with Crippen molar-refractivity contribution in [3.63, 3.8) is 0 Å². The van der Waals surface area contributed by atoms with Gasteiger partial charge in [0.2, 0.25) is 11.8 Å². The second kappa shape index (κ2) is 6.67. The van der Waals surface area contributed by atoms with E-state index in [-0.39, 0.29) is 6.04 Å². The molecule has 8 heteroatoms. The largest absolute Gasteiger partial charge is 0.331 e. The fourth-order valence-electron chi connectivity index (χ4n) is 4.32. The van der Waals surface area contributed by atoms with Crippen molar-refractivity contribution < 1.29 is 14.4 Å². The molecule has 0 unspecified atom stereocenters. The molecule has 1 aromatic rings. The van der Waals surface area contributed by atoms with Gasteiger partial charge in [-0.05, 0) is 49.3 Å². The quantitative estimate of drug-likeness (QED) is 0.629. The second-order valence-corrected chi connectivity index (χ2v) is 7.94. The van der Waals surface area contributed by atoms with E-state index in [0.29, 0.717) is 27.6 Å². The number of imide groups is 2. The summed E-state index contributed by atoms with van der Waals surface area (Å²) in [6.45, 7) is 0. The summed E-state index contributed by atoms with van der Waals surface area (Å²) in [6, 6.07) is 4.01. The zero-order valence-corrected chi connectivity index (χ0v) is 15.3. The van der Waals surface area contributed by atoms with Gasteiger partial charge in [0.05, 0.1) is 10.7 Å². The van der Waals surface area contributed by atoms with E-state index in [1.807, 2.05) is 0 Å². The minimum atomic E-state index is -1.14. The summed E-state index contributed by atoms with van der Waals surface area (Å²) < 4.78 is 0. The standard InChI is InChI=1S/C18H17Cl2N3O3/c19-11-3-4-14(13(20)7-11)21-8-12-16(24)22-18(26)23(17(12)25)15-6-9-1-2-10(15)5-9/h3-4,7-10,12,15H,1-2,5-6H2,(H,22,24,26)/t9-,10-,12-,15+/m0/s1. The van der Waals surface area contributed by atoms with Gasteiger partial charge in [-0.1, -0.05) is 29.6 Å². The number of rotatable bonds is 3. The van der Waals surface area contributed by atoms with Gasteiger partial charge in [0.1, 0.15) is 0 Å². The molecule has 3 aliphatic rings. The fraction of sp³-hybridized carbons (Fsp3) is 0.444. The SMILES string of the molecule is O=C1NC(=O)N([C@@H]2C[C@H]3CC[C@H]2C3)C(=O)[C@H]1C=Nc1ccc(Cl)cc1Cl. The van der Waals surface area contributed by atoms with Crippen molar-refractivity contribution in [1.29, 1.82) is 0 Å². The van der Waals surface area contributed by atoms with E-state index < -0.39 is 23.8 Å². The molecule has 4 atom stereocenters. The van der Waals surface area contributed by atoms with Crippen molar-refractivity contribution in [1.82, 2.24) is 10.2 Å². The lowest BCUT2D eigenvalue weighted by Gasteiger charge is -2.36. The van der Waals surface area contributed by atoms with E-state index in [0.717, 1.165) is 25.7 Å². The third-order valence-electron chi connectivity index (χ3n) is 5.54. The zero-order valence-electron chi connectivity index (χ0n) is 13.8. The highest BCUT2D eigenvalue weighted by molar-refractivity contribution is 6.36. The van der Waals surface area contributed by atoms with E-state index in [9.17, 15) is 14.4 Å². The van der Waals surface area contributed by atoms with Gasteiger partial charge in [-0.25, -0.2) is 4.79 Å². The summed E-state index contributed by atoms with van der Waals surface area (Å²) >= 11 is 11.9. The number of aliphatic imine (C=N–C) groups is 1. The average molecular weight is 394 g/mol. The van der Waals surface area contributed by atoms with Crippen LogP contribution in [0, 0.1) is 17.8 Å². The van der Waals surface area contributed by atoms with E-state index in [1.165, 1.54) is 17.2 Å². The molecule has 4 rings (SSSR count). The molecule has 0 spiro atoms. The maximum absolute atomic E-state index is 12.9.